The standard InChI is InChI=1S/C26H35N3O3/c1-19(2)25(26(32)27-14-8-16-29-15-7-3-4-11-24(29)31)28-23(30)18-20-12-13-21-9-5-6-10-22(21)17-20/h5-6,9-10,12-13,17,19,25H,3-4,7-8,11,14-16,18H2,1-2H3,(H,27,32)(H,28,30). The lowest BCUT2D eigenvalue weighted by molar-refractivity contribution is -0.131. The van der Waals surface area contributed by atoms with Crippen molar-refractivity contribution in [1.82, 2.24) is 15.5 Å². The van der Waals surface area contributed by atoms with E-state index in [1.54, 1.807) is 0 Å². The molecule has 1 aliphatic heterocycles. The Labute approximate surface area is 190 Å². The third-order valence-corrected chi connectivity index (χ3v) is 6.02. The summed E-state index contributed by atoms with van der Waals surface area (Å²) < 4.78 is 0. The highest BCUT2D eigenvalue weighted by Crippen LogP contribution is 2.16. The smallest absolute Gasteiger partial charge is 0.242 e. The minimum absolute atomic E-state index is 0.0252. The van der Waals surface area contributed by atoms with E-state index in [0.717, 1.165) is 42.1 Å². The van der Waals surface area contributed by atoms with Gasteiger partial charge in [-0.15, -0.1) is 0 Å². The van der Waals surface area contributed by atoms with Crippen LogP contribution in [0.3, 0.4) is 0 Å². The number of carbonyl (C=O) groups is 3. The number of hydrogen-bond donors (Lipinski definition) is 2. The minimum atomic E-state index is -0.581. The molecule has 3 rings (SSSR count). The Morgan fingerprint density at radius 2 is 1.81 bits per heavy atom. The van der Waals surface area contributed by atoms with Gasteiger partial charge in [-0.25, -0.2) is 0 Å². The lowest BCUT2D eigenvalue weighted by Gasteiger charge is -2.23. The number of amides is 3. The zero-order valence-corrected chi connectivity index (χ0v) is 19.2. The average Bonchev–Trinajstić information content (AvgIpc) is 2.98. The van der Waals surface area contributed by atoms with Crippen molar-refractivity contribution < 1.29 is 14.4 Å². The van der Waals surface area contributed by atoms with Gasteiger partial charge in [-0.2, -0.15) is 0 Å². The van der Waals surface area contributed by atoms with Gasteiger partial charge < -0.3 is 15.5 Å². The minimum Gasteiger partial charge on any atom is -0.354 e. The number of rotatable bonds is 9. The van der Waals surface area contributed by atoms with Crippen LogP contribution < -0.4 is 10.6 Å². The maximum absolute atomic E-state index is 12.7. The van der Waals surface area contributed by atoms with Crippen LogP contribution in [0.15, 0.2) is 42.5 Å². The lowest BCUT2D eigenvalue weighted by Crippen LogP contribution is -2.50. The van der Waals surface area contributed by atoms with Crippen LogP contribution in [0.4, 0.5) is 0 Å². The molecule has 0 aromatic heterocycles. The first-order chi connectivity index (χ1) is 15.4. The summed E-state index contributed by atoms with van der Waals surface area (Å²) in [7, 11) is 0. The summed E-state index contributed by atoms with van der Waals surface area (Å²) in [5, 5.41) is 8.07. The van der Waals surface area contributed by atoms with Crippen LogP contribution in [0.2, 0.25) is 0 Å². The van der Waals surface area contributed by atoms with Crippen molar-refractivity contribution in [3.05, 3.63) is 48.0 Å². The van der Waals surface area contributed by atoms with E-state index < -0.39 is 6.04 Å². The number of nitrogens with one attached hydrogen (secondary N) is 2. The first-order valence-electron chi connectivity index (χ1n) is 11.8. The molecule has 1 atom stereocenters. The van der Waals surface area contributed by atoms with Crippen molar-refractivity contribution in [2.75, 3.05) is 19.6 Å². The SMILES string of the molecule is CC(C)C(NC(=O)Cc1ccc2ccccc2c1)C(=O)NCCCN1CCCCCC1=O. The summed E-state index contributed by atoms with van der Waals surface area (Å²) >= 11 is 0. The van der Waals surface area contributed by atoms with E-state index >= 15 is 0 Å². The maximum Gasteiger partial charge on any atom is 0.242 e. The number of carbonyl (C=O) groups excluding carboxylic acids is 3. The molecule has 2 N–H and O–H groups in total. The maximum atomic E-state index is 12.7. The van der Waals surface area contributed by atoms with Gasteiger partial charge in [-0.1, -0.05) is 62.7 Å². The second-order valence-electron chi connectivity index (χ2n) is 8.98. The van der Waals surface area contributed by atoms with E-state index in [0.29, 0.717) is 25.9 Å². The fourth-order valence-electron chi connectivity index (χ4n) is 4.16. The molecule has 0 spiro atoms. The van der Waals surface area contributed by atoms with E-state index in [2.05, 4.69) is 10.6 Å². The third kappa shape index (κ3) is 6.81. The normalized spacial score (nSPS) is 15.5. The van der Waals surface area contributed by atoms with Gasteiger partial charge >= 0.3 is 0 Å². The van der Waals surface area contributed by atoms with Gasteiger partial charge in [0, 0.05) is 26.1 Å². The van der Waals surface area contributed by atoms with Crippen molar-refractivity contribution in [2.45, 2.75) is 58.4 Å². The quantitative estimate of drug-likeness (QED) is 0.590. The van der Waals surface area contributed by atoms with E-state index in [1.165, 1.54) is 0 Å². The molecule has 32 heavy (non-hydrogen) atoms. The fourth-order valence-corrected chi connectivity index (χ4v) is 4.16. The van der Waals surface area contributed by atoms with Gasteiger partial charge in [0.05, 0.1) is 6.42 Å². The average molecular weight is 438 g/mol. The predicted molar refractivity (Wildman–Crippen MR) is 127 cm³/mol. The van der Waals surface area contributed by atoms with Gasteiger partial charge in [0.2, 0.25) is 17.7 Å². The van der Waals surface area contributed by atoms with Crippen molar-refractivity contribution in [3.63, 3.8) is 0 Å². The Kier molecular flexibility index (Phi) is 8.65. The summed E-state index contributed by atoms with van der Waals surface area (Å²) in [6, 6.07) is 13.4. The number of benzene rings is 2. The Morgan fingerprint density at radius 3 is 2.59 bits per heavy atom. The number of nitrogens with zero attached hydrogens (tertiary/aromatic N) is 1. The van der Waals surface area contributed by atoms with Gasteiger partial charge in [-0.05, 0) is 41.5 Å². The van der Waals surface area contributed by atoms with Crippen molar-refractivity contribution in [3.8, 4) is 0 Å². The number of likely N-dealkylation sites (tertiary alicyclic amines) is 1. The van der Waals surface area contributed by atoms with Crippen molar-refractivity contribution in [2.24, 2.45) is 5.92 Å². The summed E-state index contributed by atoms with van der Waals surface area (Å²) in [5.74, 6) is -0.143. The van der Waals surface area contributed by atoms with Crippen molar-refractivity contribution >= 4 is 28.5 Å². The number of fused-ring (bicyclic) bond motifs is 1. The van der Waals surface area contributed by atoms with Crippen LogP contribution in [-0.2, 0) is 20.8 Å². The number of hydrogen-bond acceptors (Lipinski definition) is 3. The molecule has 1 heterocycles. The second-order valence-corrected chi connectivity index (χ2v) is 8.98. The molecular formula is C26H35N3O3. The first-order valence-corrected chi connectivity index (χ1v) is 11.8. The molecule has 1 aliphatic rings. The summed E-state index contributed by atoms with van der Waals surface area (Å²) in [6.45, 7) is 5.82. The molecule has 0 bridgehead atoms. The molecular weight excluding hydrogens is 402 g/mol. The summed E-state index contributed by atoms with van der Waals surface area (Å²) in [6.07, 6.45) is 4.71. The highest BCUT2D eigenvalue weighted by molar-refractivity contribution is 5.89. The first kappa shape index (κ1) is 23.8. The Morgan fingerprint density at radius 1 is 1.03 bits per heavy atom. The van der Waals surface area contributed by atoms with E-state index in [-0.39, 0.29) is 30.1 Å². The van der Waals surface area contributed by atoms with Crippen LogP contribution >= 0.6 is 0 Å². The molecule has 6 heteroatoms. The molecule has 1 fully saturated rings. The molecule has 0 radical (unpaired) electrons. The monoisotopic (exact) mass is 437 g/mol. The van der Waals surface area contributed by atoms with E-state index in [1.807, 2.05) is 61.2 Å². The molecule has 0 aliphatic carbocycles. The summed E-state index contributed by atoms with van der Waals surface area (Å²) in [4.78, 5) is 39.3. The summed E-state index contributed by atoms with van der Waals surface area (Å²) in [5.41, 5.74) is 0.922. The molecule has 6 nitrogen and oxygen atoms in total. The Hall–Kier alpha value is -2.89. The van der Waals surface area contributed by atoms with Gasteiger partial charge in [-0.3, -0.25) is 14.4 Å². The largest absolute Gasteiger partial charge is 0.354 e. The van der Waals surface area contributed by atoms with Crippen LogP contribution in [0.1, 0.15) is 51.5 Å². The highest BCUT2D eigenvalue weighted by Gasteiger charge is 2.24. The molecule has 1 saturated heterocycles. The third-order valence-electron chi connectivity index (χ3n) is 6.02. The molecule has 172 valence electrons. The van der Waals surface area contributed by atoms with Crippen LogP contribution in [0.5, 0.6) is 0 Å². The fraction of sp³-hybridized carbons (Fsp3) is 0.500. The topological polar surface area (TPSA) is 78.5 Å². The molecule has 3 amide bonds. The lowest BCUT2D eigenvalue weighted by atomic mass is 10.0. The molecule has 2 aromatic rings. The van der Waals surface area contributed by atoms with E-state index in [9.17, 15) is 14.4 Å². The Bertz CT molecular complexity index is 941. The van der Waals surface area contributed by atoms with Crippen LogP contribution in [0.25, 0.3) is 10.8 Å². The molecule has 2 aromatic carbocycles. The van der Waals surface area contributed by atoms with Crippen LogP contribution in [0, 0.1) is 5.92 Å². The zero-order chi connectivity index (χ0) is 22.9. The van der Waals surface area contributed by atoms with Crippen LogP contribution in [-0.4, -0.2) is 48.3 Å². The molecule has 1 unspecified atom stereocenters. The van der Waals surface area contributed by atoms with Gasteiger partial charge in [0.1, 0.15) is 6.04 Å². The van der Waals surface area contributed by atoms with Gasteiger partial charge in [0.25, 0.3) is 0 Å². The second kappa shape index (κ2) is 11.7. The van der Waals surface area contributed by atoms with Crippen molar-refractivity contribution in [1.29, 1.82) is 0 Å². The van der Waals surface area contributed by atoms with E-state index in [4.69, 9.17) is 0 Å². The predicted octanol–water partition coefficient (Wildman–Crippen LogP) is 3.43. The zero-order valence-electron chi connectivity index (χ0n) is 19.2. The Balaban J connectivity index is 1.47. The molecule has 0 saturated carbocycles. The highest BCUT2D eigenvalue weighted by atomic mass is 16.2. The van der Waals surface area contributed by atoms with Gasteiger partial charge in [0.15, 0.2) is 0 Å².